The third kappa shape index (κ3) is 8.03. The molecule has 0 radical (unpaired) electrons. The quantitative estimate of drug-likeness (QED) is 0.278. The van der Waals surface area contributed by atoms with Crippen LogP contribution in [0.4, 0.5) is 0 Å². The first-order chi connectivity index (χ1) is 19.3. The summed E-state index contributed by atoms with van der Waals surface area (Å²) in [5, 5.41) is 0. The molecule has 0 N–H and O–H groups in total. The SMILES string of the molecule is CC(C)(C)C1=CC[C-]=C1.CC1C[CH-]C(C)(C)c2cc3c(cc21)-c1cc2c(cc1C3)C(C)(C)C(C)CC2(C)C.C[C](C)=[Zr+2].[Cl-].[Cl-]. The smallest absolute Gasteiger partial charge is 1.00 e. The van der Waals surface area contributed by atoms with Gasteiger partial charge in [-0.25, -0.2) is 6.08 Å². The molecule has 0 heterocycles. The molecule has 0 nitrogen and oxygen atoms in total. The van der Waals surface area contributed by atoms with Crippen LogP contribution < -0.4 is 24.8 Å². The fourth-order valence-corrected chi connectivity index (χ4v) is 7.39. The molecule has 0 aromatic heterocycles. The summed E-state index contributed by atoms with van der Waals surface area (Å²) < 4.78 is 1.51. The number of fused-ring (bicyclic) bond motifs is 5. The number of hydrogen-bond donors (Lipinski definition) is 0. The van der Waals surface area contributed by atoms with Crippen LogP contribution >= 0.6 is 0 Å². The summed E-state index contributed by atoms with van der Waals surface area (Å²) in [6, 6.07) is 10.3. The van der Waals surface area contributed by atoms with Crippen molar-refractivity contribution in [3.63, 3.8) is 0 Å². The molecule has 240 valence electrons. The van der Waals surface area contributed by atoms with E-state index < -0.39 is 0 Å². The zero-order chi connectivity index (χ0) is 31.4. The minimum Gasteiger partial charge on any atom is -1.00 e. The monoisotopic (exact) mass is 708 g/mol. The summed E-state index contributed by atoms with van der Waals surface area (Å²) in [4.78, 5) is 0. The molecule has 6 rings (SSSR count). The van der Waals surface area contributed by atoms with Gasteiger partial charge in [0.25, 0.3) is 0 Å². The maximum absolute atomic E-state index is 3.16. The average Bonchev–Trinajstić information content (AvgIpc) is 3.52. The van der Waals surface area contributed by atoms with E-state index in [4.69, 9.17) is 0 Å². The van der Waals surface area contributed by atoms with Gasteiger partial charge in [0, 0.05) is 0 Å². The normalized spacial score (nSPS) is 22.6. The van der Waals surface area contributed by atoms with Gasteiger partial charge in [-0.15, -0.1) is 11.8 Å². The van der Waals surface area contributed by atoms with Crippen molar-refractivity contribution in [1.29, 1.82) is 0 Å². The van der Waals surface area contributed by atoms with Crippen molar-refractivity contribution in [3.8, 4) is 11.1 Å². The van der Waals surface area contributed by atoms with Crippen molar-refractivity contribution < 1.29 is 49.0 Å². The van der Waals surface area contributed by atoms with E-state index in [2.05, 4.69) is 139 Å². The molecular weight excluding hydrogens is 655 g/mol. The van der Waals surface area contributed by atoms with Gasteiger partial charge in [-0.3, -0.25) is 6.08 Å². The number of allylic oxidation sites excluding steroid dienone is 4. The molecule has 2 unspecified atom stereocenters. The number of hydrogen-bond acceptors (Lipinski definition) is 0. The Bertz CT molecular complexity index is 1420. The fraction of sp³-hybridized carbons (Fsp3) is 0.561. The molecule has 0 spiro atoms. The van der Waals surface area contributed by atoms with Gasteiger partial charge in [0.2, 0.25) is 0 Å². The van der Waals surface area contributed by atoms with Crippen LogP contribution in [-0.2, 0) is 46.9 Å². The molecular formula is C41H56Cl2Zr-2. The Hall–Kier alpha value is -0.747. The maximum atomic E-state index is 3.16. The van der Waals surface area contributed by atoms with E-state index >= 15 is 0 Å². The van der Waals surface area contributed by atoms with Crippen LogP contribution in [0.1, 0.15) is 149 Å². The zero-order valence-electron chi connectivity index (χ0n) is 29.8. The second kappa shape index (κ2) is 14.2. The van der Waals surface area contributed by atoms with Gasteiger partial charge in [0.05, 0.1) is 0 Å². The van der Waals surface area contributed by atoms with Gasteiger partial charge < -0.3 is 31.2 Å². The van der Waals surface area contributed by atoms with Crippen LogP contribution in [0.3, 0.4) is 0 Å². The minimum atomic E-state index is 0. The van der Waals surface area contributed by atoms with Crippen molar-refractivity contribution in [1.82, 2.24) is 0 Å². The van der Waals surface area contributed by atoms with Crippen LogP contribution in [0.25, 0.3) is 11.1 Å². The first-order valence-corrected chi connectivity index (χ1v) is 17.5. The second-order valence-corrected chi connectivity index (χ2v) is 19.0. The molecule has 0 saturated heterocycles. The van der Waals surface area contributed by atoms with Gasteiger partial charge in [-0.2, -0.15) is 18.1 Å². The Morgan fingerprint density at radius 1 is 0.864 bits per heavy atom. The van der Waals surface area contributed by atoms with Crippen molar-refractivity contribution in [2.45, 2.75) is 138 Å². The van der Waals surface area contributed by atoms with Crippen LogP contribution in [0.15, 0.2) is 42.0 Å². The first kappa shape index (κ1) is 39.4. The largest absolute Gasteiger partial charge is 1.00 e. The standard InChI is InChI=1S/C29H37.C9H13.C3H6.2ClH.Zr/c1-17-9-10-27(3,4)24-12-19-11-20-13-26-25(15-23(20)22(19)14-21(17)24)28(5,6)16-18(2)29(26,7)8;1-9(2,3)8-6-4-5-7-8;1-3-2;;;/h10,12-15,17-18H,9,11,16H2,1-8H3;6-7H,4H2,1-3H3;1-2H3;2*1H;/q2*-1;;;;+2/p-2. The number of rotatable bonds is 0. The van der Waals surface area contributed by atoms with Gasteiger partial charge in [-0.1, -0.05) is 111 Å². The predicted molar refractivity (Wildman–Crippen MR) is 181 cm³/mol. The first-order valence-electron chi connectivity index (χ1n) is 16.2. The molecule has 0 bridgehead atoms. The van der Waals surface area contributed by atoms with E-state index in [0.717, 1.165) is 12.8 Å². The number of benzene rings is 2. The third-order valence-electron chi connectivity index (χ3n) is 10.4. The van der Waals surface area contributed by atoms with E-state index in [1.165, 1.54) is 32.7 Å². The van der Waals surface area contributed by atoms with Gasteiger partial charge in [-0.05, 0) is 74.5 Å². The Kier molecular flexibility index (Phi) is 12.7. The van der Waals surface area contributed by atoms with Gasteiger partial charge >= 0.3 is 41.3 Å². The van der Waals surface area contributed by atoms with Crippen molar-refractivity contribution in [2.24, 2.45) is 11.3 Å². The summed E-state index contributed by atoms with van der Waals surface area (Å²) in [5.41, 5.74) is 14.9. The predicted octanol–water partition coefficient (Wildman–Crippen LogP) is 5.32. The fourth-order valence-electron chi connectivity index (χ4n) is 7.39. The van der Waals surface area contributed by atoms with E-state index in [1.807, 2.05) is 0 Å². The van der Waals surface area contributed by atoms with Gasteiger partial charge in [0.15, 0.2) is 0 Å². The molecule has 3 heteroatoms. The van der Waals surface area contributed by atoms with Crippen LogP contribution in [-0.4, -0.2) is 3.21 Å². The maximum Gasteiger partial charge on any atom is -1.00 e. The second-order valence-electron chi connectivity index (χ2n) is 16.6. The molecule has 2 aromatic carbocycles. The summed E-state index contributed by atoms with van der Waals surface area (Å²) >= 11 is 1.55. The molecule has 2 aromatic rings. The van der Waals surface area contributed by atoms with E-state index in [-0.39, 0.29) is 41.1 Å². The third-order valence-corrected chi connectivity index (χ3v) is 10.4. The average molecular weight is 711 g/mol. The summed E-state index contributed by atoms with van der Waals surface area (Å²) in [6.07, 6.45) is 14.6. The summed E-state index contributed by atoms with van der Waals surface area (Å²) in [6.45, 7) is 30.4. The van der Waals surface area contributed by atoms with E-state index in [1.54, 1.807) is 57.6 Å². The van der Waals surface area contributed by atoms with E-state index in [9.17, 15) is 0 Å². The Labute approximate surface area is 298 Å². The number of halogens is 2. The van der Waals surface area contributed by atoms with Crippen molar-refractivity contribution >= 4 is 3.21 Å². The molecule has 2 atom stereocenters. The van der Waals surface area contributed by atoms with Crippen LogP contribution in [0.2, 0.25) is 0 Å². The summed E-state index contributed by atoms with van der Waals surface area (Å²) in [5.74, 6) is 1.33. The molecule has 0 fully saturated rings. The van der Waals surface area contributed by atoms with Crippen LogP contribution in [0.5, 0.6) is 0 Å². The van der Waals surface area contributed by atoms with Gasteiger partial charge in [0.1, 0.15) is 0 Å². The molecule has 0 amide bonds. The Balaban J connectivity index is 0.000000380. The van der Waals surface area contributed by atoms with E-state index in [0.29, 0.717) is 17.3 Å². The Morgan fingerprint density at radius 2 is 1.41 bits per heavy atom. The summed E-state index contributed by atoms with van der Waals surface area (Å²) in [7, 11) is 0. The van der Waals surface area contributed by atoms with Crippen LogP contribution in [0, 0.1) is 23.8 Å². The molecule has 4 aliphatic rings. The van der Waals surface area contributed by atoms with Crippen molar-refractivity contribution in [3.05, 3.63) is 87.9 Å². The minimum absolute atomic E-state index is 0. The molecule has 0 aliphatic heterocycles. The molecule has 0 saturated carbocycles. The topological polar surface area (TPSA) is 0 Å². The molecule has 44 heavy (non-hydrogen) atoms. The molecule has 4 aliphatic carbocycles. The Morgan fingerprint density at radius 3 is 1.91 bits per heavy atom. The van der Waals surface area contributed by atoms with Crippen molar-refractivity contribution in [2.75, 3.05) is 0 Å². The zero-order valence-corrected chi connectivity index (χ0v) is 33.8.